The standard InChI is InChI=1S/C16H22N6S/c1-21(2)14(15-4-3-5-23-15)10-18-7-12-8-19-16-13(6-17)9-20-22(16)11-12/h3-5,9,12,14,18-19H,7-8,10-11H2,1-2H3/t12-,14-/m0/s1. The summed E-state index contributed by atoms with van der Waals surface area (Å²) in [6.07, 6.45) is 1.64. The van der Waals surface area contributed by atoms with Gasteiger partial charge in [0.2, 0.25) is 0 Å². The van der Waals surface area contributed by atoms with E-state index in [2.05, 4.69) is 58.3 Å². The molecule has 2 aromatic heterocycles. The number of nitrogens with one attached hydrogen (secondary N) is 2. The highest BCUT2D eigenvalue weighted by Gasteiger charge is 2.22. The van der Waals surface area contributed by atoms with Crippen LogP contribution in [-0.4, -0.2) is 48.4 Å². The number of fused-ring (bicyclic) bond motifs is 1. The molecule has 0 fully saturated rings. The molecule has 2 aromatic rings. The van der Waals surface area contributed by atoms with Crippen LogP contribution < -0.4 is 10.6 Å². The first kappa shape index (κ1) is 16.0. The molecule has 3 heterocycles. The molecule has 0 aliphatic carbocycles. The molecule has 0 saturated heterocycles. The lowest BCUT2D eigenvalue weighted by Gasteiger charge is -2.28. The van der Waals surface area contributed by atoms with Crippen LogP contribution in [0.15, 0.2) is 23.7 Å². The van der Waals surface area contributed by atoms with Crippen molar-refractivity contribution in [3.8, 4) is 6.07 Å². The van der Waals surface area contributed by atoms with Gasteiger partial charge in [0.15, 0.2) is 0 Å². The van der Waals surface area contributed by atoms with Crippen LogP contribution in [0.1, 0.15) is 16.5 Å². The Morgan fingerprint density at radius 2 is 2.48 bits per heavy atom. The Balaban J connectivity index is 1.52. The fourth-order valence-corrected chi connectivity index (χ4v) is 3.84. The molecule has 0 amide bonds. The normalized spacial score (nSPS) is 18.3. The minimum absolute atomic E-state index is 0.400. The zero-order chi connectivity index (χ0) is 16.2. The van der Waals surface area contributed by atoms with Crippen LogP contribution in [0.3, 0.4) is 0 Å². The highest BCUT2D eigenvalue weighted by atomic mass is 32.1. The Hall–Kier alpha value is -1.88. The number of nitriles is 1. The molecule has 1 aliphatic heterocycles. The third kappa shape index (κ3) is 3.55. The molecule has 1 aliphatic rings. The summed E-state index contributed by atoms with van der Waals surface area (Å²) in [7, 11) is 4.24. The summed E-state index contributed by atoms with van der Waals surface area (Å²) in [5, 5.41) is 22.4. The molecule has 0 bridgehead atoms. The Kier molecular flexibility index (Phi) is 4.96. The van der Waals surface area contributed by atoms with E-state index < -0.39 is 0 Å². The lowest BCUT2D eigenvalue weighted by atomic mass is 10.1. The first-order chi connectivity index (χ1) is 11.2. The van der Waals surface area contributed by atoms with Crippen molar-refractivity contribution < 1.29 is 0 Å². The minimum atomic E-state index is 0.400. The van der Waals surface area contributed by atoms with Gasteiger partial charge in [-0.2, -0.15) is 10.4 Å². The smallest absolute Gasteiger partial charge is 0.142 e. The Morgan fingerprint density at radius 3 is 3.17 bits per heavy atom. The lowest BCUT2D eigenvalue weighted by molar-refractivity contribution is 0.283. The van der Waals surface area contributed by atoms with Gasteiger partial charge in [0, 0.05) is 37.0 Å². The monoisotopic (exact) mass is 330 g/mol. The molecule has 122 valence electrons. The number of hydrogen-bond acceptors (Lipinski definition) is 6. The summed E-state index contributed by atoms with van der Waals surface area (Å²) in [5.74, 6) is 1.33. The van der Waals surface area contributed by atoms with Crippen LogP contribution in [0.5, 0.6) is 0 Å². The summed E-state index contributed by atoms with van der Waals surface area (Å²) >= 11 is 1.80. The largest absolute Gasteiger partial charge is 0.369 e. The van der Waals surface area contributed by atoms with Crippen LogP contribution in [0.4, 0.5) is 5.82 Å². The van der Waals surface area contributed by atoms with Gasteiger partial charge >= 0.3 is 0 Å². The number of rotatable bonds is 6. The number of nitrogens with zero attached hydrogens (tertiary/aromatic N) is 4. The van der Waals surface area contributed by atoms with Crippen molar-refractivity contribution in [2.45, 2.75) is 12.6 Å². The summed E-state index contributed by atoms with van der Waals surface area (Å²) in [5.41, 5.74) is 0.627. The summed E-state index contributed by atoms with van der Waals surface area (Å²) in [6, 6.07) is 6.87. The fraction of sp³-hybridized carbons (Fsp3) is 0.500. The maximum absolute atomic E-state index is 9.03. The maximum atomic E-state index is 9.03. The SMILES string of the molecule is CN(C)[C@@H](CNC[C@H]1CNc2c(C#N)cnn2C1)c1cccs1. The van der Waals surface area contributed by atoms with E-state index in [1.165, 1.54) is 4.88 Å². The number of hydrogen-bond donors (Lipinski definition) is 2. The maximum Gasteiger partial charge on any atom is 0.142 e. The summed E-state index contributed by atoms with van der Waals surface area (Å²) in [4.78, 5) is 3.64. The first-order valence-electron chi connectivity index (χ1n) is 7.79. The van der Waals surface area contributed by atoms with Crippen molar-refractivity contribution in [2.75, 3.05) is 39.0 Å². The summed E-state index contributed by atoms with van der Waals surface area (Å²) < 4.78 is 1.90. The van der Waals surface area contributed by atoms with E-state index in [4.69, 9.17) is 5.26 Å². The molecule has 2 atom stereocenters. The molecule has 6 nitrogen and oxygen atoms in total. The predicted octanol–water partition coefficient (Wildman–Crippen LogP) is 1.75. The van der Waals surface area contributed by atoms with Crippen molar-refractivity contribution in [3.05, 3.63) is 34.2 Å². The van der Waals surface area contributed by atoms with E-state index in [9.17, 15) is 0 Å². The molecule has 3 rings (SSSR count). The van der Waals surface area contributed by atoms with Gasteiger partial charge in [-0.05, 0) is 25.5 Å². The van der Waals surface area contributed by atoms with Gasteiger partial charge in [-0.3, -0.25) is 0 Å². The van der Waals surface area contributed by atoms with Gasteiger partial charge in [-0.25, -0.2) is 4.68 Å². The Labute approximate surface area is 140 Å². The van der Waals surface area contributed by atoms with Gasteiger partial charge in [-0.1, -0.05) is 6.07 Å². The topological polar surface area (TPSA) is 68.9 Å². The molecule has 0 unspecified atom stereocenters. The zero-order valence-corrected chi connectivity index (χ0v) is 14.3. The highest BCUT2D eigenvalue weighted by molar-refractivity contribution is 7.10. The average molecular weight is 330 g/mol. The van der Waals surface area contributed by atoms with Crippen LogP contribution in [0.25, 0.3) is 0 Å². The molecule has 0 spiro atoms. The van der Waals surface area contributed by atoms with Crippen molar-refractivity contribution >= 4 is 17.2 Å². The number of aromatic nitrogens is 2. The molecular weight excluding hydrogens is 308 g/mol. The second kappa shape index (κ2) is 7.13. The van der Waals surface area contributed by atoms with Gasteiger partial charge in [-0.15, -0.1) is 11.3 Å². The molecule has 23 heavy (non-hydrogen) atoms. The fourth-order valence-electron chi connectivity index (χ4n) is 2.92. The highest BCUT2D eigenvalue weighted by Crippen LogP contribution is 2.23. The quantitative estimate of drug-likeness (QED) is 0.844. The van der Waals surface area contributed by atoms with Crippen LogP contribution in [0.2, 0.25) is 0 Å². The van der Waals surface area contributed by atoms with Crippen molar-refractivity contribution in [1.29, 1.82) is 5.26 Å². The Morgan fingerprint density at radius 1 is 1.61 bits per heavy atom. The van der Waals surface area contributed by atoms with E-state index in [1.807, 2.05) is 4.68 Å². The molecular formula is C16H22N6S. The Bertz CT molecular complexity index is 669. The minimum Gasteiger partial charge on any atom is -0.369 e. The lowest BCUT2D eigenvalue weighted by Crippen LogP contribution is -2.38. The van der Waals surface area contributed by atoms with Gasteiger partial charge in [0.05, 0.1) is 12.2 Å². The number of anilines is 1. The third-order valence-corrected chi connectivity index (χ3v) is 5.19. The average Bonchev–Trinajstić information content (AvgIpc) is 3.20. The van der Waals surface area contributed by atoms with Crippen LogP contribution in [-0.2, 0) is 6.54 Å². The van der Waals surface area contributed by atoms with E-state index >= 15 is 0 Å². The number of likely N-dealkylation sites (N-methyl/N-ethyl adjacent to an activating group) is 1. The predicted molar refractivity (Wildman–Crippen MR) is 92.5 cm³/mol. The molecule has 0 radical (unpaired) electrons. The van der Waals surface area contributed by atoms with E-state index in [0.29, 0.717) is 17.5 Å². The van der Waals surface area contributed by atoms with Crippen LogP contribution >= 0.6 is 11.3 Å². The van der Waals surface area contributed by atoms with E-state index in [1.54, 1.807) is 17.5 Å². The van der Waals surface area contributed by atoms with Crippen molar-refractivity contribution in [3.63, 3.8) is 0 Å². The first-order valence-corrected chi connectivity index (χ1v) is 8.67. The van der Waals surface area contributed by atoms with Crippen LogP contribution in [0, 0.1) is 17.2 Å². The van der Waals surface area contributed by atoms with E-state index in [0.717, 1.165) is 32.0 Å². The number of thiophene rings is 1. The third-order valence-electron chi connectivity index (χ3n) is 4.21. The second-order valence-electron chi connectivity index (χ2n) is 6.10. The van der Waals surface area contributed by atoms with Gasteiger partial charge in [0.1, 0.15) is 17.5 Å². The van der Waals surface area contributed by atoms with Crippen molar-refractivity contribution in [1.82, 2.24) is 20.0 Å². The van der Waals surface area contributed by atoms with E-state index in [-0.39, 0.29) is 0 Å². The molecule has 7 heteroatoms. The zero-order valence-electron chi connectivity index (χ0n) is 13.5. The van der Waals surface area contributed by atoms with Gasteiger partial charge in [0.25, 0.3) is 0 Å². The second-order valence-corrected chi connectivity index (χ2v) is 7.08. The van der Waals surface area contributed by atoms with Gasteiger partial charge < -0.3 is 15.5 Å². The van der Waals surface area contributed by atoms with Crippen molar-refractivity contribution in [2.24, 2.45) is 5.92 Å². The molecule has 2 N–H and O–H groups in total. The summed E-state index contributed by atoms with van der Waals surface area (Å²) in [6.45, 7) is 3.59. The molecule has 0 aromatic carbocycles. The molecule has 0 saturated carbocycles.